The van der Waals surface area contributed by atoms with Crippen molar-refractivity contribution in [2.75, 3.05) is 19.6 Å². The van der Waals surface area contributed by atoms with E-state index in [0.717, 1.165) is 55.7 Å². The van der Waals surface area contributed by atoms with E-state index < -0.39 is 0 Å². The fourth-order valence-corrected chi connectivity index (χ4v) is 5.45. The first-order chi connectivity index (χ1) is 17.0. The number of carbonyl (C=O) groups is 1. The van der Waals surface area contributed by atoms with Gasteiger partial charge in [-0.05, 0) is 92.6 Å². The van der Waals surface area contributed by atoms with Gasteiger partial charge in [0.1, 0.15) is 6.04 Å². The molecule has 182 valence electrons. The minimum Gasteiger partial charge on any atom is -0.353 e. The highest BCUT2D eigenvalue weighted by Crippen LogP contribution is 2.33. The predicted octanol–water partition coefficient (Wildman–Crippen LogP) is 5.27. The zero-order valence-electron chi connectivity index (χ0n) is 21.2. The molecule has 1 fully saturated rings. The van der Waals surface area contributed by atoms with Crippen molar-refractivity contribution in [1.82, 2.24) is 14.5 Å². The number of benzene rings is 2. The van der Waals surface area contributed by atoms with E-state index in [4.69, 9.17) is 5.10 Å². The molecule has 1 unspecified atom stereocenters. The first kappa shape index (κ1) is 23.6. The van der Waals surface area contributed by atoms with Crippen LogP contribution in [0, 0.1) is 19.8 Å². The Morgan fingerprint density at radius 1 is 0.971 bits per heavy atom. The van der Waals surface area contributed by atoms with Gasteiger partial charge in [0.2, 0.25) is 0 Å². The van der Waals surface area contributed by atoms with Gasteiger partial charge in [-0.25, -0.2) is 5.01 Å². The Labute approximate surface area is 209 Å². The number of aryl methyl sites for hydroxylation is 3. The molecule has 3 heterocycles. The van der Waals surface area contributed by atoms with E-state index in [0.29, 0.717) is 12.5 Å². The summed E-state index contributed by atoms with van der Waals surface area (Å²) in [5, 5.41) is 6.66. The zero-order valence-corrected chi connectivity index (χ0v) is 21.2. The molecule has 0 aliphatic carbocycles. The third-order valence-corrected chi connectivity index (χ3v) is 7.76. The van der Waals surface area contributed by atoms with Gasteiger partial charge in [-0.2, -0.15) is 5.10 Å². The Morgan fingerprint density at radius 3 is 2.43 bits per heavy atom. The minimum absolute atomic E-state index is 0.0604. The van der Waals surface area contributed by atoms with E-state index in [1.165, 1.54) is 16.7 Å². The maximum absolute atomic E-state index is 13.6. The molecule has 3 aromatic rings. The average Bonchev–Trinajstić information content (AvgIpc) is 3.49. The number of carbonyl (C=O) groups excluding carboxylic acids is 1. The van der Waals surface area contributed by atoms with Crippen molar-refractivity contribution in [3.63, 3.8) is 0 Å². The SMILES string of the molecule is Cc1ccc(C2=NN(C(=O)CN3CCC(Cc4ccccc4)CC3)C(c3cccn3C)C2)cc1C. The number of likely N-dealkylation sites (tertiary alicyclic amines) is 1. The summed E-state index contributed by atoms with van der Waals surface area (Å²) in [6.45, 7) is 6.64. The summed E-state index contributed by atoms with van der Waals surface area (Å²) in [4.78, 5) is 15.9. The van der Waals surface area contributed by atoms with E-state index in [9.17, 15) is 4.79 Å². The molecule has 2 aromatic carbocycles. The Morgan fingerprint density at radius 2 is 1.74 bits per heavy atom. The molecule has 5 heteroatoms. The van der Waals surface area contributed by atoms with E-state index in [1.807, 2.05) is 19.3 Å². The van der Waals surface area contributed by atoms with Crippen LogP contribution in [-0.2, 0) is 18.3 Å². The van der Waals surface area contributed by atoms with Crippen LogP contribution in [0.2, 0.25) is 0 Å². The number of hydrogen-bond donors (Lipinski definition) is 0. The van der Waals surface area contributed by atoms with Crippen LogP contribution in [0.1, 0.15) is 53.3 Å². The summed E-state index contributed by atoms with van der Waals surface area (Å²) in [7, 11) is 2.05. The third kappa shape index (κ3) is 5.25. The largest absolute Gasteiger partial charge is 0.353 e. The molecule has 1 amide bonds. The molecule has 1 aromatic heterocycles. The number of amides is 1. The fourth-order valence-electron chi connectivity index (χ4n) is 5.45. The lowest BCUT2D eigenvalue weighted by atomic mass is 9.90. The van der Waals surface area contributed by atoms with Crippen molar-refractivity contribution in [2.24, 2.45) is 18.1 Å². The van der Waals surface area contributed by atoms with Gasteiger partial charge in [0.05, 0.1) is 12.3 Å². The van der Waals surface area contributed by atoms with Crippen LogP contribution in [0.4, 0.5) is 0 Å². The molecule has 5 nitrogen and oxygen atoms in total. The normalized spacial score (nSPS) is 19.2. The molecule has 0 bridgehead atoms. The molecule has 0 N–H and O–H groups in total. The van der Waals surface area contributed by atoms with Crippen LogP contribution < -0.4 is 0 Å². The van der Waals surface area contributed by atoms with Gasteiger partial charge in [-0.1, -0.05) is 42.5 Å². The summed E-state index contributed by atoms with van der Waals surface area (Å²) in [5.41, 5.74) is 7.18. The quantitative estimate of drug-likeness (QED) is 0.494. The van der Waals surface area contributed by atoms with Crippen molar-refractivity contribution >= 4 is 11.6 Å². The van der Waals surface area contributed by atoms with Crippen molar-refractivity contribution in [3.8, 4) is 0 Å². The topological polar surface area (TPSA) is 40.8 Å². The van der Waals surface area contributed by atoms with Gasteiger partial charge in [0.15, 0.2) is 0 Å². The molecule has 1 saturated heterocycles. The average molecular weight is 469 g/mol. The highest BCUT2D eigenvalue weighted by molar-refractivity contribution is 6.03. The number of rotatable bonds is 6. The van der Waals surface area contributed by atoms with Crippen molar-refractivity contribution in [2.45, 2.75) is 45.6 Å². The maximum atomic E-state index is 13.6. The van der Waals surface area contributed by atoms with Gasteiger partial charge < -0.3 is 4.57 Å². The predicted molar refractivity (Wildman–Crippen MR) is 141 cm³/mol. The van der Waals surface area contributed by atoms with Crippen LogP contribution in [0.5, 0.6) is 0 Å². The molecule has 2 aliphatic heterocycles. The van der Waals surface area contributed by atoms with Gasteiger partial charge in [-0.15, -0.1) is 0 Å². The first-order valence-corrected chi connectivity index (χ1v) is 12.8. The monoisotopic (exact) mass is 468 g/mol. The second-order valence-corrected chi connectivity index (χ2v) is 10.3. The zero-order chi connectivity index (χ0) is 24.4. The van der Waals surface area contributed by atoms with Gasteiger partial charge in [0.25, 0.3) is 5.91 Å². The molecule has 2 aliphatic rings. The van der Waals surface area contributed by atoms with Gasteiger partial charge in [0, 0.05) is 25.4 Å². The second-order valence-electron chi connectivity index (χ2n) is 10.3. The van der Waals surface area contributed by atoms with Crippen LogP contribution in [-0.4, -0.2) is 45.7 Å². The van der Waals surface area contributed by atoms with Crippen LogP contribution in [0.15, 0.2) is 72.0 Å². The molecule has 1 atom stereocenters. The number of hydrogen-bond acceptors (Lipinski definition) is 3. The second kappa shape index (κ2) is 10.2. The molecule has 0 radical (unpaired) electrons. The lowest BCUT2D eigenvalue weighted by Gasteiger charge is -2.33. The number of aromatic nitrogens is 1. The summed E-state index contributed by atoms with van der Waals surface area (Å²) < 4.78 is 2.11. The molecule has 0 spiro atoms. The highest BCUT2D eigenvalue weighted by Gasteiger charge is 2.35. The Hall–Kier alpha value is -3.18. The summed E-state index contributed by atoms with van der Waals surface area (Å²) in [6.07, 6.45) is 6.20. The summed E-state index contributed by atoms with van der Waals surface area (Å²) in [5.74, 6) is 0.789. The molecular weight excluding hydrogens is 432 g/mol. The maximum Gasteiger partial charge on any atom is 0.257 e. The van der Waals surface area contributed by atoms with E-state index in [2.05, 4.69) is 77.9 Å². The lowest BCUT2D eigenvalue weighted by Crippen LogP contribution is -2.42. The van der Waals surface area contributed by atoms with Crippen LogP contribution >= 0.6 is 0 Å². The van der Waals surface area contributed by atoms with Crippen molar-refractivity contribution in [3.05, 3.63) is 94.8 Å². The summed E-state index contributed by atoms with van der Waals surface area (Å²) in [6, 6.07) is 21.3. The Balaban J connectivity index is 1.27. The number of piperidine rings is 1. The van der Waals surface area contributed by atoms with E-state index in [-0.39, 0.29) is 11.9 Å². The Bertz CT molecular complexity index is 1200. The first-order valence-electron chi connectivity index (χ1n) is 12.8. The third-order valence-electron chi connectivity index (χ3n) is 7.76. The molecular formula is C30H36N4O. The lowest BCUT2D eigenvalue weighted by molar-refractivity contribution is -0.134. The fraction of sp³-hybridized carbons (Fsp3) is 0.400. The van der Waals surface area contributed by atoms with Gasteiger partial charge in [-0.3, -0.25) is 9.69 Å². The van der Waals surface area contributed by atoms with Crippen LogP contribution in [0.3, 0.4) is 0 Å². The van der Waals surface area contributed by atoms with Crippen LogP contribution in [0.25, 0.3) is 0 Å². The molecule has 5 rings (SSSR count). The van der Waals surface area contributed by atoms with Crippen molar-refractivity contribution in [1.29, 1.82) is 0 Å². The Kier molecular flexibility index (Phi) is 6.87. The summed E-state index contributed by atoms with van der Waals surface area (Å²) >= 11 is 0. The van der Waals surface area contributed by atoms with E-state index in [1.54, 1.807) is 5.01 Å². The minimum atomic E-state index is -0.0604. The standard InChI is InChI=1S/C30H36N4O/c1-22-11-12-26(18-23(22)2)27-20-29(28-10-7-15-32(28)3)34(31-27)30(35)21-33-16-13-25(14-17-33)19-24-8-5-4-6-9-24/h4-12,15,18,25,29H,13-14,16-17,19-21H2,1-3H3. The van der Waals surface area contributed by atoms with E-state index >= 15 is 0 Å². The molecule has 35 heavy (non-hydrogen) atoms. The van der Waals surface area contributed by atoms with Crippen molar-refractivity contribution < 1.29 is 4.79 Å². The molecule has 0 saturated carbocycles. The van der Waals surface area contributed by atoms with Gasteiger partial charge >= 0.3 is 0 Å². The number of nitrogens with zero attached hydrogens (tertiary/aromatic N) is 4. The highest BCUT2D eigenvalue weighted by atomic mass is 16.2. The smallest absolute Gasteiger partial charge is 0.257 e. The number of hydrazone groups is 1.